The van der Waals surface area contributed by atoms with Crippen LogP contribution in [-0.2, 0) is 9.53 Å². The van der Waals surface area contributed by atoms with E-state index < -0.39 is 5.92 Å². The van der Waals surface area contributed by atoms with E-state index in [9.17, 15) is 9.18 Å². The lowest BCUT2D eigenvalue weighted by atomic mass is 9.97. The summed E-state index contributed by atoms with van der Waals surface area (Å²) in [7, 11) is 0. The van der Waals surface area contributed by atoms with Crippen LogP contribution in [0.2, 0.25) is 0 Å². The third-order valence-electron chi connectivity index (χ3n) is 3.22. The van der Waals surface area contributed by atoms with E-state index in [0.717, 1.165) is 5.56 Å². The van der Waals surface area contributed by atoms with E-state index >= 15 is 0 Å². The van der Waals surface area contributed by atoms with Gasteiger partial charge >= 0.3 is 5.97 Å². The van der Waals surface area contributed by atoms with Crippen LogP contribution in [0.3, 0.4) is 0 Å². The largest absolute Gasteiger partial charge is 0.466 e. The van der Waals surface area contributed by atoms with Crippen molar-refractivity contribution in [3.63, 3.8) is 0 Å². The van der Waals surface area contributed by atoms with Gasteiger partial charge in [0.05, 0.1) is 12.5 Å². The molecule has 2 aromatic carbocycles. The highest BCUT2D eigenvalue weighted by Gasteiger charge is 2.18. The van der Waals surface area contributed by atoms with Gasteiger partial charge in [0.2, 0.25) is 0 Å². The molecule has 0 saturated carbocycles. The highest BCUT2D eigenvalue weighted by Crippen LogP contribution is 2.26. The van der Waals surface area contributed by atoms with Gasteiger partial charge in [-0.1, -0.05) is 56.3 Å². The van der Waals surface area contributed by atoms with Crippen molar-refractivity contribution in [1.29, 1.82) is 0 Å². The van der Waals surface area contributed by atoms with E-state index in [1.165, 1.54) is 6.07 Å². The van der Waals surface area contributed by atoms with E-state index in [0.29, 0.717) is 17.7 Å². The predicted octanol–water partition coefficient (Wildman–Crippen LogP) is 5.19. The SMILES string of the molecule is CC.CCOC(=O)C(C)c1ccc(-c2ccccc2)c(F)c1. The number of halogens is 1. The minimum absolute atomic E-state index is 0.327. The molecular weight excluding hydrogens is 279 g/mol. The molecule has 0 spiro atoms. The van der Waals surface area contributed by atoms with E-state index in [1.54, 1.807) is 26.0 Å². The molecule has 0 aliphatic carbocycles. The highest BCUT2D eigenvalue weighted by molar-refractivity contribution is 5.78. The topological polar surface area (TPSA) is 26.3 Å². The zero-order valence-electron chi connectivity index (χ0n) is 13.6. The Bertz CT molecular complexity index is 594. The summed E-state index contributed by atoms with van der Waals surface area (Å²) < 4.78 is 19.1. The van der Waals surface area contributed by atoms with Crippen molar-refractivity contribution in [3.05, 3.63) is 59.9 Å². The zero-order chi connectivity index (χ0) is 16.5. The maximum Gasteiger partial charge on any atom is 0.313 e. The molecule has 1 atom stereocenters. The second kappa shape index (κ2) is 8.98. The van der Waals surface area contributed by atoms with Gasteiger partial charge in [0, 0.05) is 5.56 Å². The Hall–Kier alpha value is -2.16. The number of rotatable bonds is 4. The monoisotopic (exact) mass is 302 g/mol. The molecule has 3 heteroatoms. The van der Waals surface area contributed by atoms with Gasteiger partial charge in [0.1, 0.15) is 5.82 Å². The van der Waals surface area contributed by atoms with Crippen molar-refractivity contribution in [2.45, 2.75) is 33.6 Å². The molecular formula is C19H23FO2. The molecule has 0 bridgehead atoms. The number of esters is 1. The van der Waals surface area contributed by atoms with Gasteiger partial charge < -0.3 is 4.74 Å². The molecule has 0 aliphatic rings. The molecule has 0 aliphatic heterocycles. The first-order valence-electron chi connectivity index (χ1n) is 7.65. The first-order chi connectivity index (χ1) is 10.6. The molecule has 2 rings (SSSR count). The first kappa shape index (κ1) is 17.9. The lowest BCUT2D eigenvalue weighted by Crippen LogP contribution is -2.13. The van der Waals surface area contributed by atoms with Crippen LogP contribution in [0, 0.1) is 5.82 Å². The lowest BCUT2D eigenvalue weighted by Gasteiger charge is -2.12. The standard InChI is InChI=1S/C17H17FO2.C2H6/c1-3-20-17(19)12(2)14-9-10-15(16(18)11-14)13-7-5-4-6-8-13;1-2/h4-12H,3H2,1-2H3;1-2H3. The number of benzene rings is 2. The van der Waals surface area contributed by atoms with Gasteiger partial charge in [0.15, 0.2) is 0 Å². The number of carbonyl (C=O) groups excluding carboxylic acids is 1. The van der Waals surface area contributed by atoms with Gasteiger partial charge in [-0.05, 0) is 31.0 Å². The molecule has 2 nitrogen and oxygen atoms in total. The van der Waals surface area contributed by atoms with Gasteiger partial charge in [0.25, 0.3) is 0 Å². The Morgan fingerprint density at radius 1 is 1.14 bits per heavy atom. The molecule has 1 unspecified atom stereocenters. The normalized spacial score (nSPS) is 11.1. The second-order valence-corrected chi connectivity index (χ2v) is 4.58. The maximum absolute atomic E-state index is 14.2. The van der Waals surface area contributed by atoms with Crippen LogP contribution in [0.25, 0.3) is 11.1 Å². The summed E-state index contributed by atoms with van der Waals surface area (Å²) in [6, 6.07) is 14.2. The third-order valence-corrected chi connectivity index (χ3v) is 3.22. The van der Waals surface area contributed by atoms with E-state index in [4.69, 9.17) is 4.74 Å². The molecule has 0 heterocycles. The van der Waals surface area contributed by atoms with E-state index in [2.05, 4.69) is 0 Å². The lowest BCUT2D eigenvalue weighted by molar-refractivity contribution is -0.144. The molecule has 0 radical (unpaired) electrons. The van der Waals surface area contributed by atoms with Gasteiger partial charge in [-0.25, -0.2) is 4.39 Å². The maximum atomic E-state index is 14.2. The molecule has 0 fully saturated rings. The number of carbonyl (C=O) groups is 1. The smallest absolute Gasteiger partial charge is 0.313 e. The van der Waals surface area contributed by atoms with Crippen molar-refractivity contribution in [3.8, 4) is 11.1 Å². The summed E-state index contributed by atoms with van der Waals surface area (Å²) in [5, 5.41) is 0. The van der Waals surface area contributed by atoms with Crippen LogP contribution in [0.5, 0.6) is 0 Å². The van der Waals surface area contributed by atoms with Crippen LogP contribution in [-0.4, -0.2) is 12.6 Å². The summed E-state index contributed by atoms with van der Waals surface area (Å²) >= 11 is 0. The van der Waals surface area contributed by atoms with Gasteiger partial charge in [-0.15, -0.1) is 0 Å². The van der Waals surface area contributed by atoms with Crippen molar-refractivity contribution in [2.24, 2.45) is 0 Å². The third kappa shape index (κ3) is 4.42. The van der Waals surface area contributed by atoms with Crippen LogP contribution in [0.15, 0.2) is 48.5 Å². The first-order valence-corrected chi connectivity index (χ1v) is 7.65. The molecule has 118 valence electrons. The molecule has 0 amide bonds. The highest BCUT2D eigenvalue weighted by atomic mass is 19.1. The van der Waals surface area contributed by atoms with Crippen LogP contribution in [0.1, 0.15) is 39.2 Å². The average Bonchev–Trinajstić information content (AvgIpc) is 2.57. The summed E-state index contributed by atoms with van der Waals surface area (Å²) in [4.78, 5) is 11.7. The van der Waals surface area contributed by atoms with E-state index in [-0.39, 0.29) is 11.8 Å². The van der Waals surface area contributed by atoms with Crippen molar-refractivity contribution >= 4 is 5.97 Å². The van der Waals surface area contributed by atoms with Crippen molar-refractivity contribution in [2.75, 3.05) is 6.61 Å². The fourth-order valence-electron chi connectivity index (χ4n) is 2.06. The fraction of sp³-hybridized carbons (Fsp3) is 0.316. The summed E-state index contributed by atoms with van der Waals surface area (Å²) in [6.07, 6.45) is 0. The predicted molar refractivity (Wildman–Crippen MR) is 88.2 cm³/mol. The summed E-state index contributed by atoms with van der Waals surface area (Å²) in [6.45, 7) is 7.80. The molecule has 0 saturated heterocycles. The Kier molecular flexibility index (Phi) is 7.30. The fourth-order valence-corrected chi connectivity index (χ4v) is 2.06. The number of ether oxygens (including phenoxy) is 1. The quantitative estimate of drug-likeness (QED) is 0.727. The van der Waals surface area contributed by atoms with Crippen molar-refractivity contribution < 1.29 is 13.9 Å². The van der Waals surface area contributed by atoms with E-state index in [1.807, 2.05) is 44.2 Å². The van der Waals surface area contributed by atoms with Gasteiger partial charge in [-0.3, -0.25) is 4.79 Å². The number of hydrogen-bond acceptors (Lipinski definition) is 2. The van der Waals surface area contributed by atoms with Crippen molar-refractivity contribution in [1.82, 2.24) is 0 Å². The minimum atomic E-state index is -0.464. The average molecular weight is 302 g/mol. The Morgan fingerprint density at radius 2 is 1.77 bits per heavy atom. The molecule has 0 aromatic heterocycles. The summed E-state index contributed by atoms with van der Waals surface area (Å²) in [5.74, 6) is -1.13. The Balaban J connectivity index is 0.00000116. The zero-order valence-corrected chi connectivity index (χ0v) is 13.6. The summed E-state index contributed by atoms with van der Waals surface area (Å²) in [5.41, 5.74) is 1.98. The Morgan fingerprint density at radius 3 is 2.32 bits per heavy atom. The number of hydrogen-bond donors (Lipinski definition) is 0. The second-order valence-electron chi connectivity index (χ2n) is 4.58. The van der Waals surface area contributed by atoms with Crippen LogP contribution < -0.4 is 0 Å². The Labute approximate surface area is 131 Å². The van der Waals surface area contributed by atoms with Crippen LogP contribution >= 0.6 is 0 Å². The van der Waals surface area contributed by atoms with Gasteiger partial charge in [-0.2, -0.15) is 0 Å². The molecule has 2 aromatic rings. The van der Waals surface area contributed by atoms with Crippen LogP contribution in [0.4, 0.5) is 4.39 Å². The molecule has 22 heavy (non-hydrogen) atoms. The minimum Gasteiger partial charge on any atom is -0.466 e. The molecule has 0 N–H and O–H groups in total.